The first kappa shape index (κ1) is 14.1. The van der Waals surface area contributed by atoms with Gasteiger partial charge in [0.25, 0.3) is 5.91 Å². The molecule has 2 nitrogen and oxygen atoms in total. The second kappa shape index (κ2) is 6.10. The molecule has 1 N–H and O–H groups in total. The lowest BCUT2D eigenvalue weighted by Gasteiger charge is -2.14. The van der Waals surface area contributed by atoms with Gasteiger partial charge < -0.3 is 5.32 Å². The van der Waals surface area contributed by atoms with E-state index in [0.717, 1.165) is 6.07 Å². The summed E-state index contributed by atoms with van der Waals surface area (Å²) in [4.78, 5) is 11.7. The van der Waals surface area contributed by atoms with Gasteiger partial charge in [-0.05, 0) is 18.6 Å². The SMILES string of the molecule is C#CCC(CC)NC(=O)c1ccc(F)c(F)c1F. The summed E-state index contributed by atoms with van der Waals surface area (Å²) < 4.78 is 39.0. The number of benzene rings is 1. The molecule has 0 heterocycles. The monoisotopic (exact) mass is 255 g/mol. The molecule has 0 aliphatic carbocycles. The van der Waals surface area contributed by atoms with Gasteiger partial charge in [-0.25, -0.2) is 13.2 Å². The predicted octanol–water partition coefficient (Wildman–Crippen LogP) is 2.64. The third-order valence-electron chi connectivity index (χ3n) is 2.47. The van der Waals surface area contributed by atoms with Crippen molar-refractivity contribution in [3.8, 4) is 12.3 Å². The minimum Gasteiger partial charge on any atom is -0.348 e. The average Bonchev–Trinajstić information content (AvgIpc) is 2.35. The van der Waals surface area contributed by atoms with Gasteiger partial charge in [-0.2, -0.15) is 0 Å². The molecule has 0 aliphatic rings. The number of nitrogens with one attached hydrogen (secondary N) is 1. The topological polar surface area (TPSA) is 29.1 Å². The summed E-state index contributed by atoms with van der Waals surface area (Å²) in [6.07, 6.45) is 5.95. The molecule has 0 aliphatic heterocycles. The van der Waals surface area contributed by atoms with Crippen LogP contribution in [-0.2, 0) is 0 Å². The number of carbonyl (C=O) groups is 1. The summed E-state index contributed by atoms with van der Waals surface area (Å²) >= 11 is 0. The van der Waals surface area contributed by atoms with E-state index in [1.54, 1.807) is 6.92 Å². The van der Waals surface area contributed by atoms with Crippen LogP contribution >= 0.6 is 0 Å². The second-order valence-corrected chi connectivity index (χ2v) is 3.71. The molecule has 1 unspecified atom stereocenters. The number of carbonyl (C=O) groups excluding carboxylic acids is 1. The Bertz CT molecular complexity index is 494. The van der Waals surface area contributed by atoms with E-state index >= 15 is 0 Å². The molecule has 1 amide bonds. The highest BCUT2D eigenvalue weighted by atomic mass is 19.2. The van der Waals surface area contributed by atoms with E-state index in [1.165, 1.54) is 0 Å². The van der Waals surface area contributed by atoms with Crippen LogP contribution in [0.3, 0.4) is 0 Å². The molecule has 0 spiro atoms. The summed E-state index contributed by atoms with van der Waals surface area (Å²) in [7, 11) is 0. The largest absolute Gasteiger partial charge is 0.348 e. The van der Waals surface area contributed by atoms with E-state index < -0.39 is 28.9 Å². The van der Waals surface area contributed by atoms with Crippen molar-refractivity contribution in [1.82, 2.24) is 5.32 Å². The molecule has 96 valence electrons. The highest BCUT2D eigenvalue weighted by Gasteiger charge is 2.20. The molecule has 5 heteroatoms. The minimum atomic E-state index is -1.66. The Labute approximate surface area is 103 Å². The Morgan fingerprint density at radius 3 is 2.61 bits per heavy atom. The van der Waals surface area contributed by atoms with Crippen molar-refractivity contribution >= 4 is 5.91 Å². The summed E-state index contributed by atoms with van der Waals surface area (Å²) in [5.41, 5.74) is -0.538. The lowest BCUT2D eigenvalue weighted by molar-refractivity contribution is 0.0931. The fraction of sp³-hybridized carbons (Fsp3) is 0.308. The third kappa shape index (κ3) is 3.04. The summed E-state index contributed by atoms with van der Waals surface area (Å²) in [5, 5.41) is 2.46. The lowest BCUT2D eigenvalue weighted by Crippen LogP contribution is -2.34. The molecule has 0 aromatic heterocycles. The molecule has 0 saturated carbocycles. The second-order valence-electron chi connectivity index (χ2n) is 3.71. The van der Waals surface area contributed by atoms with Gasteiger partial charge >= 0.3 is 0 Å². The standard InChI is InChI=1S/C13H12F3NO/c1-3-5-8(4-2)17-13(18)9-6-7-10(14)12(16)11(9)15/h1,6-8H,4-5H2,2H3,(H,17,18). The predicted molar refractivity (Wildman–Crippen MR) is 61.3 cm³/mol. The Balaban J connectivity index is 2.92. The molecular weight excluding hydrogens is 243 g/mol. The average molecular weight is 255 g/mol. The smallest absolute Gasteiger partial charge is 0.254 e. The van der Waals surface area contributed by atoms with Gasteiger partial charge in [0.2, 0.25) is 0 Å². The number of terminal acetylenes is 1. The Hall–Kier alpha value is -1.96. The molecule has 0 bridgehead atoms. The van der Waals surface area contributed by atoms with Gasteiger partial charge in [-0.1, -0.05) is 6.92 Å². The summed E-state index contributed by atoms with van der Waals surface area (Å²) in [5.74, 6) is -2.93. The molecule has 18 heavy (non-hydrogen) atoms. The maximum absolute atomic E-state index is 13.3. The quantitative estimate of drug-likeness (QED) is 0.650. The molecule has 0 fully saturated rings. The molecule has 1 atom stereocenters. The zero-order valence-electron chi connectivity index (χ0n) is 9.77. The fourth-order valence-electron chi connectivity index (χ4n) is 1.40. The molecule has 1 aromatic rings. The molecule has 0 radical (unpaired) electrons. The summed E-state index contributed by atoms with van der Waals surface area (Å²) in [6, 6.07) is 1.27. The van der Waals surface area contributed by atoms with Crippen LogP contribution in [0.25, 0.3) is 0 Å². The summed E-state index contributed by atoms with van der Waals surface area (Å²) in [6.45, 7) is 1.80. The van der Waals surface area contributed by atoms with Gasteiger partial charge in [0.05, 0.1) is 5.56 Å². The van der Waals surface area contributed by atoms with E-state index in [0.29, 0.717) is 12.5 Å². The highest BCUT2D eigenvalue weighted by Crippen LogP contribution is 2.15. The molecule has 1 aromatic carbocycles. The van der Waals surface area contributed by atoms with Crippen LogP contribution in [0.2, 0.25) is 0 Å². The first-order valence-electron chi connectivity index (χ1n) is 5.39. The maximum Gasteiger partial charge on any atom is 0.254 e. The van der Waals surface area contributed by atoms with Crippen molar-refractivity contribution in [3.63, 3.8) is 0 Å². The van der Waals surface area contributed by atoms with E-state index in [2.05, 4.69) is 11.2 Å². The van der Waals surface area contributed by atoms with Crippen molar-refractivity contribution < 1.29 is 18.0 Å². The van der Waals surface area contributed by atoms with E-state index in [-0.39, 0.29) is 12.5 Å². The van der Waals surface area contributed by atoms with Crippen LogP contribution in [0.1, 0.15) is 30.1 Å². The van der Waals surface area contributed by atoms with Gasteiger partial charge in [-0.15, -0.1) is 12.3 Å². The Morgan fingerprint density at radius 1 is 1.39 bits per heavy atom. The van der Waals surface area contributed by atoms with Crippen LogP contribution in [-0.4, -0.2) is 11.9 Å². The van der Waals surface area contributed by atoms with Crippen molar-refractivity contribution in [3.05, 3.63) is 35.1 Å². The van der Waals surface area contributed by atoms with Gasteiger partial charge in [0, 0.05) is 12.5 Å². The zero-order valence-corrected chi connectivity index (χ0v) is 9.77. The van der Waals surface area contributed by atoms with E-state index in [4.69, 9.17) is 6.42 Å². The first-order chi connectivity index (χ1) is 8.51. The Kier molecular flexibility index (Phi) is 4.78. The number of rotatable bonds is 4. The number of hydrogen-bond acceptors (Lipinski definition) is 1. The maximum atomic E-state index is 13.3. The first-order valence-corrected chi connectivity index (χ1v) is 5.39. The van der Waals surface area contributed by atoms with E-state index in [1.807, 2.05) is 0 Å². The van der Waals surface area contributed by atoms with Crippen molar-refractivity contribution in [2.24, 2.45) is 0 Å². The molecule has 1 rings (SSSR count). The normalized spacial score (nSPS) is 11.7. The third-order valence-corrected chi connectivity index (χ3v) is 2.47. The van der Waals surface area contributed by atoms with Crippen LogP contribution in [0.5, 0.6) is 0 Å². The number of hydrogen-bond donors (Lipinski definition) is 1. The lowest BCUT2D eigenvalue weighted by atomic mass is 10.1. The molecule has 0 saturated heterocycles. The molecular formula is C13H12F3NO. The minimum absolute atomic E-state index is 0.285. The van der Waals surface area contributed by atoms with Crippen molar-refractivity contribution in [1.29, 1.82) is 0 Å². The van der Waals surface area contributed by atoms with Gasteiger partial charge in [0.15, 0.2) is 17.5 Å². The van der Waals surface area contributed by atoms with Gasteiger partial charge in [-0.3, -0.25) is 4.79 Å². The van der Waals surface area contributed by atoms with E-state index in [9.17, 15) is 18.0 Å². The fourth-order valence-corrected chi connectivity index (χ4v) is 1.40. The highest BCUT2D eigenvalue weighted by molar-refractivity contribution is 5.94. The van der Waals surface area contributed by atoms with Crippen LogP contribution in [0.15, 0.2) is 12.1 Å². The van der Waals surface area contributed by atoms with Crippen LogP contribution in [0.4, 0.5) is 13.2 Å². The Morgan fingerprint density at radius 2 is 2.06 bits per heavy atom. The zero-order chi connectivity index (χ0) is 13.7. The number of amides is 1. The van der Waals surface area contributed by atoms with Gasteiger partial charge in [0.1, 0.15) is 0 Å². The van der Waals surface area contributed by atoms with Crippen LogP contribution < -0.4 is 5.32 Å². The van der Waals surface area contributed by atoms with Crippen molar-refractivity contribution in [2.45, 2.75) is 25.8 Å². The van der Waals surface area contributed by atoms with Crippen LogP contribution in [0, 0.1) is 29.8 Å². The number of halogens is 3. The van der Waals surface area contributed by atoms with Crippen molar-refractivity contribution in [2.75, 3.05) is 0 Å².